The number of rotatable bonds is 6. The smallest absolute Gasteiger partial charge is 0.416 e. The SMILES string of the molecule is CN=C(NCc1ccc(F)cc1C(F)(F)F)NCC(c1ccc(C)o1)N1CCOCC1. The van der Waals surface area contributed by atoms with E-state index in [1.807, 2.05) is 19.1 Å². The van der Waals surface area contributed by atoms with Gasteiger partial charge in [0.15, 0.2) is 5.96 Å². The minimum absolute atomic E-state index is 0.0664. The van der Waals surface area contributed by atoms with Crippen LogP contribution in [0.4, 0.5) is 17.6 Å². The number of furan rings is 1. The van der Waals surface area contributed by atoms with Crippen LogP contribution < -0.4 is 10.6 Å². The van der Waals surface area contributed by atoms with E-state index in [-0.39, 0.29) is 18.2 Å². The van der Waals surface area contributed by atoms with Gasteiger partial charge in [-0.1, -0.05) is 6.07 Å². The molecule has 1 atom stereocenters. The Morgan fingerprint density at radius 3 is 2.52 bits per heavy atom. The van der Waals surface area contributed by atoms with Crippen LogP contribution >= 0.6 is 0 Å². The quantitative estimate of drug-likeness (QED) is 0.408. The van der Waals surface area contributed by atoms with Crippen LogP contribution in [0, 0.1) is 12.7 Å². The number of aliphatic imine (C=N–C) groups is 1. The Balaban J connectivity index is 1.66. The van der Waals surface area contributed by atoms with Crippen LogP contribution in [0.25, 0.3) is 0 Å². The summed E-state index contributed by atoms with van der Waals surface area (Å²) in [5.74, 6) is 0.992. The molecule has 6 nitrogen and oxygen atoms in total. The van der Waals surface area contributed by atoms with Crippen LogP contribution in [-0.2, 0) is 17.5 Å². The summed E-state index contributed by atoms with van der Waals surface area (Å²) in [4.78, 5) is 6.32. The lowest BCUT2D eigenvalue weighted by molar-refractivity contribution is -0.138. The van der Waals surface area contributed by atoms with Crippen molar-refractivity contribution in [1.29, 1.82) is 0 Å². The lowest BCUT2D eigenvalue weighted by atomic mass is 10.1. The molecule has 1 aliphatic heterocycles. The summed E-state index contributed by atoms with van der Waals surface area (Å²) >= 11 is 0. The number of nitrogens with one attached hydrogen (secondary N) is 2. The van der Waals surface area contributed by atoms with Crippen molar-refractivity contribution >= 4 is 5.96 Å². The fourth-order valence-corrected chi connectivity index (χ4v) is 3.49. The lowest BCUT2D eigenvalue weighted by Gasteiger charge is -2.33. The van der Waals surface area contributed by atoms with Gasteiger partial charge < -0.3 is 19.8 Å². The summed E-state index contributed by atoms with van der Waals surface area (Å²) in [6.45, 7) is 4.86. The molecule has 1 unspecified atom stereocenters. The Morgan fingerprint density at radius 2 is 1.90 bits per heavy atom. The summed E-state index contributed by atoms with van der Waals surface area (Å²) in [7, 11) is 1.53. The number of halogens is 4. The maximum absolute atomic E-state index is 13.3. The van der Waals surface area contributed by atoms with Gasteiger partial charge in [0.1, 0.15) is 17.3 Å². The average Bonchev–Trinajstić information content (AvgIpc) is 3.17. The van der Waals surface area contributed by atoms with E-state index in [0.29, 0.717) is 31.8 Å². The molecule has 0 spiro atoms. The number of aryl methyl sites for hydroxylation is 1. The minimum Gasteiger partial charge on any atom is -0.465 e. The van der Waals surface area contributed by atoms with Crippen LogP contribution in [0.15, 0.2) is 39.7 Å². The van der Waals surface area contributed by atoms with Crippen LogP contribution in [0.2, 0.25) is 0 Å². The highest BCUT2D eigenvalue weighted by molar-refractivity contribution is 5.79. The largest absolute Gasteiger partial charge is 0.465 e. The van der Waals surface area contributed by atoms with Crippen molar-refractivity contribution in [1.82, 2.24) is 15.5 Å². The van der Waals surface area contributed by atoms with Gasteiger partial charge in [-0.05, 0) is 36.8 Å². The van der Waals surface area contributed by atoms with Crippen LogP contribution in [0.5, 0.6) is 0 Å². The van der Waals surface area contributed by atoms with Gasteiger partial charge in [-0.2, -0.15) is 13.2 Å². The number of morpholine rings is 1. The summed E-state index contributed by atoms with van der Waals surface area (Å²) in [5, 5.41) is 6.03. The first kappa shape index (κ1) is 23.1. The molecule has 0 saturated carbocycles. The third-order valence-corrected chi connectivity index (χ3v) is 5.09. The summed E-state index contributed by atoms with van der Waals surface area (Å²) in [6, 6.07) is 6.36. The van der Waals surface area contributed by atoms with Crippen molar-refractivity contribution in [2.24, 2.45) is 4.99 Å². The van der Waals surface area contributed by atoms with E-state index in [0.717, 1.165) is 36.7 Å². The minimum atomic E-state index is -4.64. The fourth-order valence-electron chi connectivity index (χ4n) is 3.49. The molecule has 2 heterocycles. The van der Waals surface area contributed by atoms with Crippen molar-refractivity contribution < 1.29 is 26.7 Å². The molecule has 0 aliphatic carbocycles. The van der Waals surface area contributed by atoms with Crippen molar-refractivity contribution in [3.8, 4) is 0 Å². The van der Waals surface area contributed by atoms with Crippen molar-refractivity contribution in [2.75, 3.05) is 39.9 Å². The van der Waals surface area contributed by atoms with Gasteiger partial charge >= 0.3 is 6.18 Å². The molecule has 170 valence electrons. The Morgan fingerprint density at radius 1 is 1.16 bits per heavy atom. The Labute approximate surface area is 178 Å². The van der Waals surface area contributed by atoms with E-state index < -0.39 is 17.6 Å². The molecule has 0 amide bonds. The number of benzene rings is 1. The topological polar surface area (TPSA) is 62.0 Å². The molecular weight excluding hydrogens is 416 g/mol. The molecule has 0 radical (unpaired) electrons. The third kappa shape index (κ3) is 6.20. The molecule has 1 aromatic carbocycles. The molecule has 1 fully saturated rings. The molecule has 2 aromatic rings. The summed E-state index contributed by atoms with van der Waals surface area (Å²) in [6.07, 6.45) is -4.64. The monoisotopic (exact) mass is 442 g/mol. The van der Waals surface area contributed by atoms with E-state index in [9.17, 15) is 17.6 Å². The standard InChI is InChI=1S/C21H26F4N4O2/c1-14-3-6-19(31-14)18(29-7-9-30-10-8-29)13-28-20(26-2)27-12-15-4-5-16(22)11-17(15)21(23,24)25/h3-6,11,18H,7-10,12-13H2,1-2H3,(H2,26,27,28). The lowest BCUT2D eigenvalue weighted by Crippen LogP contribution is -2.46. The molecule has 10 heteroatoms. The van der Waals surface area contributed by atoms with Crippen LogP contribution in [0.1, 0.15) is 28.7 Å². The highest BCUT2D eigenvalue weighted by Gasteiger charge is 2.33. The summed E-state index contributed by atoms with van der Waals surface area (Å²) in [5.41, 5.74) is -1.07. The zero-order valence-corrected chi connectivity index (χ0v) is 17.4. The van der Waals surface area contributed by atoms with Gasteiger partial charge in [-0.25, -0.2) is 4.39 Å². The maximum Gasteiger partial charge on any atom is 0.416 e. The fraction of sp³-hybridized carbons (Fsp3) is 0.476. The zero-order valence-electron chi connectivity index (χ0n) is 17.4. The molecule has 1 aliphatic rings. The molecule has 1 saturated heterocycles. The number of guanidine groups is 1. The van der Waals surface area contributed by atoms with E-state index in [4.69, 9.17) is 9.15 Å². The van der Waals surface area contributed by atoms with Gasteiger partial charge in [0.05, 0.1) is 24.8 Å². The van der Waals surface area contributed by atoms with Crippen LogP contribution in [0.3, 0.4) is 0 Å². The Hall–Kier alpha value is -2.59. The number of ether oxygens (including phenoxy) is 1. The second-order valence-corrected chi connectivity index (χ2v) is 7.22. The highest BCUT2D eigenvalue weighted by Crippen LogP contribution is 2.32. The van der Waals surface area contributed by atoms with E-state index in [1.165, 1.54) is 7.05 Å². The molecule has 0 bridgehead atoms. The number of alkyl halides is 3. The van der Waals surface area contributed by atoms with Gasteiger partial charge in [-0.15, -0.1) is 0 Å². The molecule has 31 heavy (non-hydrogen) atoms. The normalized spacial score (nSPS) is 16.9. The van der Waals surface area contributed by atoms with E-state index >= 15 is 0 Å². The number of hydrogen-bond acceptors (Lipinski definition) is 4. The Kier molecular flexibility index (Phi) is 7.55. The van der Waals surface area contributed by atoms with Crippen LogP contribution in [-0.4, -0.2) is 50.8 Å². The average molecular weight is 442 g/mol. The zero-order chi connectivity index (χ0) is 22.4. The third-order valence-electron chi connectivity index (χ3n) is 5.09. The number of hydrogen-bond donors (Lipinski definition) is 2. The van der Waals surface area contributed by atoms with Gasteiger partial charge in [0.25, 0.3) is 0 Å². The molecule has 1 aromatic heterocycles. The van der Waals surface area contributed by atoms with E-state index in [2.05, 4.69) is 20.5 Å². The first-order valence-electron chi connectivity index (χ1n) is 9.96. The van der Waals surface area contributed by atoms with Crippen molar-refractivity contribution in [2.45, 2.75) is 25.7 Å². The Bertz CT molecular complexity index is 892. The predicted molar refractivity (Wildman–Crippen MR) is 108 cm³/mol. The molecule has 2 N–H and O–H groups in total. The van der Waals surface area contributed by atoms with Gasteiger partial charge in [0, 0.05) is 33.2 Å². The van der Waals surface area contributed by atoms with Gasteiger partial charge in [0.2, 0.25) is 0 Å². The summed E-state index contributed by atoms with van der Waals surface area (Å²) < 4.78 is 64.2. The highest BCUT2D eigenvalue weighted by atomic mass is 19.4. The maximum atomic E-state index is 13.3. The predicted octanol–water partition coefficient (Wildman–Crippen LogP) is 3.48. The van der Waals surface area contributed by atoms with E-state index in [1.54, 1.807) is 0 Å². The molecule has 3 rings (SSSR count). The second-order valence-electron chi connectivity index (χ2n) is 7.22. The van der Waals surface area contributed by atoms with Crippen molar-refractivity contribution in [3.63, 3.8) is 0 Å². The van der Waals surface area contributed by atoms with Crippen molar-refractivity contribution in [3.05, 3.63) is 58.8 Å². The second kappa shape index (κ2) is 10.1. The first-order chi connectivity index (χ1) is 14.8. The first-order valence-corrected chi connectivity index (χ1v) is 9.96. The molecular formula is C21H26F4N4O2. The van der Waals surface area contributed by atoms with Gasteiger partial charge in [-0.3, -0.25) is 9.89 Å². The number of nitrogens with zero attached hydrogens (tertiary/aromatic N) is 2.